The van der Waals surface area contributed by atoms with Gasteiger partial charge in [0.25, 0.3) is 0 Å². The number of aryl methyl sites for hydroxylation is 1. The summed E-state index contributed by atoms with van der Waals surface area (Å²) in [6, 6.07) is 28.3. The molecule has 3 heteroatoms. The summed E-state index contributed by atoms with van der Waals surface area (Å²) in [6.45, 7) is 0.443. The number of amides is 1. The van der Waals surface area contributed by atoms with Gasteiger partial charge in [-0.15, -0.1) is 0 Å². The number of carbonyl (C=O) groups is 1. The van der Waals surface area contributed by atoms with Gasteiger partial charge in [-0.25, -0.2) is 4.79 Å². The fourth-order valence-electron chi connectivity index (χ4n) is 2.98. The van der Waals surface area contributed by atoms with Crippen molar-refractivity contribution >= 4 is 11.8 Å². The number of rotatable bonds is 8. The lowest BCUT2D eigenvalue weighted by Crippen LogP contribution is -2.14. The average Bonchev–Trinajstić information content (AvgIpc) is 2.72. The van der Waals surface area contributed by atoms with Gasteiger partial charge in [-0.2, -0.15) is 0 Å². The topological polar surface area (TPSA) is 38.3 Å². The zero-order valence-electron chi connectivity index (χ0n) is 15.4. The van der Waals surface area contributed by atoms with Crippen LogP contribution < -0.4 is 5.32 Å². The Morgan fingerprint density at radius 1 is 0.741 bits per heavy atom. The van der Waals surface area contributed by atoms with Gasteiger partial charge >= 0.3 is 6.09 Å². The third-order valence-electron chi connectivity index (χ3n) is 4.40. The van der Waals surface area contributed by atoms with Crippen LogP contribution in [0.2, 0.25) is 0 Å². The van der Waals surface area contributed by atoms with Crippen molar-refractivity contribution in [2.24, 2.45) is 0 Å². The van der Waals surface area contributed by atoms with E-state index in [9.17, 15) is 4.79 Å². The molecule has 0 spiro atoms. The van der Waals surface area contributed by atoms with Gasteiger partial charge in [0.15, 0.2) is 0 Å². The van der Waals surface area contributed by atoms with Crippen molar-refractivity contribution in [3.05, 3.63) is 90.5 Å². The molecule has 1 N–H and O–H groups in total. The van der Waals surface area contributed by atoms with E-state index in [1.165, 1.54) is 5.56 Å². The van der Waals surface area contributed by atoms with Crippen molar-refractivity contribution in [2.75, 3.05) is 11.9 Å². The minimum atomic E-state index is -0.400. The molecule has 0 saturated carbocycles. The Bertz CT molecular complexity index is 831. The summed E-state index contributed by atoms with van der Waals surface area (Å²) in [5.74, 6) is 0. The lowest BCUT2D eigenvalue weighted by Gasteiger charge is -2.09. The molecule has 138 valence electrons. The van der Waals surface area contributed by atoms with Crippen LogP contribution in [0.3, 0.4) is 0 Å². The second-order valence-electron chi connectivity index (χ2n) is 6.50. The maximum atomic E-state index is 12.0. The van der Waals surface area contributed by atoms with Gasteiger partial charge in [0, 0.05) is 5.69 Å². The summed E-state index contributed by atoms with van der Waals surface area (Å²) in [7, 11) is 0. The molecule has 0 saturated heterocycles. The molecule has 0 aliphatic heterocycles. The van der Waals surface area contributed by atoms with Crippen LogP contribution in [0.4, 0.5) is 10.5 Å². The second kappa shape index (κ2) is 10.2. The Morgan fingerprint density at radius 3 is 2.22 bits per heavy atom. The Morgan fingerprint density at radius 2 is 1.44 bits per heavy atom. The summed E-state index contributed by atoms with van der Waals surface area (Å²) >= 11 is 0. The minimum absolute atomic E-state index is 0.400. The first-order valence-electron chi connectivity index (χ1n) is 9.44. The molecule has 0 aromatic heterocycles. The van der Waals surface area contributed by atoms with Crippen molar-refractivity contribution in [1.29, 1.82) is 0 Å². The number of hydrogen-bond donors (Lipinski definition) is 1. The molecule has 3 rings (SSSR count). The molecular weight excluding hydrogens is 334 g/mol. The first-order chi connectivity index (χ1) is 13.3. The van der Waals surface area contributed by atoms with Crippen LogP contribution in [0.5, 0.6) is 0 Å². The quantitative estimate of drug-likeness (QED) is 0.478. The van der Waals surface area contributed by atoms with E-state index in [1.807, 2.05) is 60.7 Å². The van der Waals surface area contributed by atoms with E-state index in [4.69, 9.17) is 4.74 Å². The van der Waals surface area contributed by atoms with E-state index in [2.05, 4.69) is 29.6 Å². The third-order valence-corrected chi connectivity index (χ3v) is 4.40. The summed E-state index contributed by atoms with van der Waals surface area (Å²) < 4.78 is 5.29. The average molecular weight is 359 g/mol. The van der Waals surface area contributed by atoms with E-state index < -0.39 is 6.09 Å². The zero-order chi connectivity index (χ0) is 18.7. The molecule has 1 amide bonds. The maximum Gasteiger partial charge on any atom is 0.411 e. The molecule has 0 aliphatic rings. The van der Waals surface area contributed by atoms with Crippen molar-refractivity contribution in [3.63, 3.8) is 0 Å². The highest BCUT2D eigenvalue weighted by Crippen LogP contribution is 2.22. The predicted octanol–water partition coefficient (Wildman–Crippen LogP) is 6.32. The highest BCUT2D eigenvalue weighted by molar-refractivity contribution is 5.85. The number of anilines is 1. The van der Waals surface area contributed by atoms with E-state index in [1.54, 1.807) is 0 Å². The van der Waals surface area contributed by atoms with Crippen molar-refractivity contribution in [2.45, 2.75) is 25.7 Å². The molecule has 3 aromatic rings. The summed E-state index contributed by atoms with van der Waals surface area (Å²) in [5.41, 5.74) is 4.28. The van der Waals surface area contributed by atoms with Gasteiger partial charge in [-0.1, -0.05) is 72.8 Å². The van der Waals surface area contributed by atoms with Crippen LogP contribution in [0.25, 0.3) is 11.1 Å². The number of ether oxygens (including phenoxy) is 1. The third kappa shape index (κ3) is 6.30. The molecular formula is C24H25NO2. The molecule has 0 bridgehead atoms. The summed E-state index contributed by atoms with van der Waals surface area (Å²) in [5, 5.41) is 2.81. The molecule has 0 unspecified atom stereocenters. The number of carbonyl (C=O) groups excluding carboxylic acids is 1. The number of unbranched alkanes of at least 4 members (excludes halogenated alkanes) is 2. The zero-order valence-corrected chi connectivity index (χ0v) is 15.4. The van der Waals surface area contributed by atoms with Crippen LogP contribution in [-0.2, 0) is 11.2 Å². The molecule has 3 aromatic carbocycles. The van der Waals surface area contributed by atoms with Crippen LogP contribution in [-0.4, -0.2) is 12.7 Å². The molecule has 3 nitrogen and oxygen atoms in total. The van der Waals surface area contributed by atoms with Crippen LogP contribution >= 0.6 is 0 Å². The van der Waals surface area contributed by atoms with Crippen LogP contribution in [0, 0.1) is 0 Å². The standard InChI is InChI=1S/C24H25NO2/c26-24(27-18-9-3-6-13-20-11-4-1-5-12-20)25-23-17-10-16-22(19-23)21-14-7-2-8-15-21/h1-2,4-5,7-8,10-12,14-17,19H,3,6,9,13,18H2,(H,25,26). The Hall–Kier alpha value is -3.07. The second-order valence-corrected chi connectivity index (χ2v) is 6.50. The van der Waals surface area contributed by atoms with Gasteiger partial charge in [0.05, 0.1) is 6.61 Å². The van der Waals surface area contributed by atoms with E-state index in [0.29, 0.717) is 6.61 Å². The summed E-state index contributed by atoms with van der Waals surface area (Å²) in [6.07, 6.45) is 3.70. The maximum absolute atomic E-state index is 12.0. The molecule has 0 radical (unpaired) electrons. The van der Waals surface area contributed by atoms with Gasteiger partial charge < -0.3 is 4.74 Å². The largest absolute Gasteiger partial charge is 0.449 e. The highest BCUT2D eigenvalue weighted by Gasteiger charge is 2.04. The number of nitrogens with one attached hydrogen (secondary N) is 1. The monoisotopic (exact) mass is 359 g/mol. The first-order valence-corrected chi connectivity index (χ1v) is 9.44. The van der Waals surface area contributed by atoms with Crippen LogP contribution in [0.1, 0.15) is 24.8 Å². The highest BCUT2D eigenvalue weighted by atomic mass is 16.5. The molecule has 0 atom stereocenters. The fourth-order valence-corrected chi connectivity index (χ4v) is 2.98. The lowest BCUT2D eigenvalue weighted by molar-refractivity contribution is 0.159. The van der Waals surface area contributed by atoms with Gasteiger partial charge in [-0.05, 0) is 54.5 Å². The Labute approximate surface area is 161 Å². The lowest BCUT2D eigenvalue weighted by atomic mass is 10.1. The van der Waals surface area contributed by atoms with E-state index >= 15 is 0 Å². The Balaban J connectivity index is 1.37. The van der Waals surface area contributed by atoms with E-state index in [-0.39, 0.29) is 0 Å². The van der Waals surface area contributed by atoms with E-state index in [0.717, 1.165) is 42.5 Å². The molecule has 0 aliphatic carbocycles. The molecule has 0 heterocycles. The number of hydrogen-bond acceptors (Lipinski definition) is 2. The molecule has 27 heavy (non-hydrogen) atoms. The smallest absolute Gasteiger partial charge is 0.411 e. The predicted molar refractivity (Wildman–Crippen MR) is 111 cm³/mol. The fraction of sp³-hybridized carbons (Fsp3) is 0.208. The summed E-state index contributed by atoms with van der Waals surface area (Å²) in [4.78, 5) is 12.0. The minimum Gasteiger partial charge on any atom is -0.449 e. The van der Waals surface area contributed by atoms with Crippen LogP contribution in [0.15, 0.2) is 84.9 Å². The SMILES string of the molecule is O=C(Nc1cccc(-c2ccccc2)c1)OCCCCCc1ccccc1. The normalized spacial score (nSPS) is 10.4. The van der Waals surface area contributed by atoms with Gasteiger partial charge in [-0.3, -0.25) is 5.32 Å². The van der Waals surface area contributed by atoms with Crippen molar-refractivity contribution < 1.29 is 9.53 Å². The van der Waals surface area contributed by atoms with Crippen molar-refractivity contribution in [3.8, 4) is 11.1 Å². The van der Waals surface area contributed by atoms with Gasteiger partial charge in [0.2, 0.25) is 0 Å². The number of benzene rings is 3. The first kappa shape index (κ1) is 18.7. The Kier molecular flexibility index (Phi) is 7.05. The molecule has 0 fully saturated rings. The van der Waals surface area contributed by atoms with Gasteiger partial charge in [0.1, 0.15) is 0 Å². The van der Waals surface area contributed by atoms with Crippen molar-refractivity contribution in [1.82, 2.24) is 0 Å².